The zero-order valence-corrected chi connectivity index (χ0v) is 10.2. The molecule has 0 spiro atoms. The number of ether oxygens (including phenoxy) is 1. The molecule has 1 aliphatic rings. The van der Waals surface area contributed by atoms with Gasteiger partial charge in [-0.1, -0.05) is 5.92 Å². The van der Waals surface area contributed by atoms with Crippen molar-refractivity contribution in [3.8, 4) is 12.3 Å². The van der Waals surface area contributed by atoms with Gasteiger partial charge in [0.25, 0.3) is 0 Å². The summed E-state index contributed by atoms with van der Waals surface area (Å²) in [6, 6.07) is -0.151. The van der Waals surface area contributed by atoms with Gasteiger partial charge in [-0.2, -0.15) is 0 Å². The third kappa shape index (κ3) is 3.51. The van der Waals surface area contributed by atoms with Crippen molar-refractivity contribution in [2.24, 2.45) is 0 Å². The molecule has 1 rings (SSSR count). The average molecular weight is 224 g/mol. The molecule has 3 atom stereocenters. The molecule has 0 bridgehead atoms. The number of nitrogens with zero attached hydrogens (tertiary/aromatic N) is 1. The van der Waals surface area contributed by atoms with Gasteiger partial charge in [0.1, 0.15) is 0 Å². The van der Waals surface area contributed by atoms with Crippen LogP contribution < -0.4 is 5.32 Å². The van der Waals surface area contributed by atoms with Crippen LogP contribution in [0, 0.1) is 12.3 Å². The second-order valence-corrected chi connectivity index (χ2v) is 4.31. The molecule has 16 heavy (non-hydrogen) atoms. The summed E-state index contributed by atoms with van der Waals surface area (Å²) in [7, 11) is 0. The molecule has 1 saturated heterocycles. The summed E-state index contributed by atoms with van der Waals surface area (Å²) in [5, 5.41) is 2.70. The zero-order chi connectivity index (χ0) is 12.1. The highest BCUT2D eigenvalue weighted by Crippen LogP contribution is 2.13. The Bertz CT molecular complexity index is 275. The van der Waals surface area contributed by atoms with Crippen molar-refractivity contribution < 1.29 is 9.53 Å². The first kappa shape index (κ1) is 13.0. The van der Waals surface area contributed by atoms with Gasteiger partial charge in [-0.05, 0) is 20.8 Å². The lowest BCUT2D eigenvalue weighted by Crippen LogP contribution is -2.53. The maximum atomic E-state index is 11.7. The monoisotopic (exact) mass is 224 g/mol. The molecule has 3 unspecified atom stereocenters. The second-order valence-electron chi connectivity index (χ2n) is 4.31. The van der Waals surface area contributed by atoms with Crippen LogP contribution in [0.25, 0.3) is 0 Å². The summed E-state index contributed by atoms with van der Waals surface area (Å²) < 4.78 is 5.62. The number of morpholine rings is 1. The summed E-state index contributed by atoms with van der Waals surface area (Å²) in [6.45, 7) is 7.81. The zero-order valence-electron chi connectivity index (χ0n) is 10.2. The number of nitrogens with one attached hydrogen (secondary N) is 1. The van der Waals surface area contributed by atoms with Crippen molar-refractivity contribution in [3.63, 3.8) is 0 Å². The molecule has 1 amide bonds. The quantitative estimate of drug-likeness (QED) is 0.698. The predicted octanol–water partition coefficient (Wildman–Crippen LogP) is 0.234. The first-order chi connectivity index (χ1) is 7.54. The van der Waals surface area contributed by atoms with E-state index >= 15 is 0 Å². The van der Waals surface area contributed by atoms with Crippen LogP contribution in [0.15, 0.2) is 0 Å². The Morgan fingerprint density at radius 3 is 2.62 bits per heavy atom. The molecule has 0 aromatic rings. The maximum absolute atomic E-state index is 11.7. The fraction of sp³-hybridized carbons (Fsp3) is 0.750. The number of amides is 1. The molecule has 0 saturated carbocycles. The molecule has 0 aromatic carbocycles. The van der Waals surface area contributed by atoms with Gasteiger partial charge >= 0.3 is 0 Å². The largest absolute Gasteiger partial charge is 0.373 e. The molecule has 4 nitrogen and oxygen atoms in total. The Hall–Kier alpha value is -1.05. The third-order valence-corrected chi connectivity index (χ3v) is 2.74. The van der Waals surface area contributed by atoms with Crippen LogP contribution in [-0.2, 0) is 9.53 Å². The van der Waals surface area contributed by atoms with E-state index in [4.69, 9.17) is 11.2 Å². The number of hydrogen-bond acceptors (Lipinski definition) is 3. The molecule has 4 heteroatoms. The van der Waals surface area contributed by atoms with Crippen LogP contribution in [0.3, 0.4) is 0 Å². The number of carbonyl (C=O) groups excluding carboxylic acids is 1. The fourth-order valence-corrected chi connectivity index (χ4v) is 1.99. The van der Waals surface area contributed by atoms with Crippen LogP contribution in [-0.4, -0.2) is 48.7 Å². The molecule has 1 heterocycles. The van der Waals surface area contributed by atoms with Crippen LogP contribution in [0.5, 0.6) is 0 Å². The van der Waals surface area contributed by atoms with Crippen LogP contribution in [0.2, 0.25) is 0 Å². The molecular weight excluding hydrogens is 204 g/mol. The van der Waals surface area contributed by atoms with Crippen molar-refractivity contribution in [3.05, 3.63) is 0 Å². The maximum Gasteiger partial charge on any atom is 0.237 e. The highest BCUT2D eigenvalue weighted by atomic mass is 16.5. The summed E-state index contributed by atoms with van der Waals surface area (Å²) in [5.74, 6) is 2.38. The first-order valence-corrected chi connectivity index (χ1v) is 5.65. The molecule has 1 N–H and O–H groups in total. The van der Waals surface area contributed by atoms with Crippen LogP contribution in [0.4, 0.5) is 0 Å². The Labute approximate surface area is 97.3 Å². The second kappa shape index (κ2) is 5.88. The van der Waals surface area contributed by atoms with Gasteiger partial charge in [-0.25, -0.2) is 0 Å². The van der Waals surface area contributed by atoms with Gasteiger partial charge in [-0.15, -0.1) is 6.42 Å². The third-order valence-electron chi connectivity index (χ3n) is 2.74. The summed E-state index contributed by atoms with van der Waals surface area (Å²) in [4.78, 5) is 13.9. The van der Waals surface area contributed by atoms with Gasteiger partial charge in [0.05, 0.1) is 24.8 Å². The van der Waals surface area contributed by atoms with E-state index in [0.717, 1.165) is 13.1 Å². The van der Waals surface area contributed by atoms with Crippen molar-refractivity contribution in [1.29, 1.82) is 0 Å². The van der Waals surface area contributed by atoms with Crippen molar-refractivity contribution in [2.75, 3.05) is 19.6 Å². The SMILES string of the molecule is C#CCNC(=O)C(C)N1CC(C)OC(C)C1. The molecule has 0 aromatic heterocycles. The number of rotatable bonds is 3. The van der Waals surface area contributed by atoms with Gasteiger partial charge in [0.15, 0.2) is 0 Å². The minimum absolute atomic E-state index is 0.0146. The lowest BCUT2D eigenvalue weighted by atomic mass is 10.1. The average Bonchev–Trinajstić information content (AvgIpc) is 2.23. The number of hydrogen-bond donors (Lipinski definition) is 1. The topological polar surface area (TPSA) is 41.6 Å². The van der Waals surface area contributed by atoms with E-state index in [0.29, 0.717) is 6.54 Å². The van der Waals surface area contributed by atoms with E-state index in [9.17, 15) is 4.79 Å². The van der Waals surface area contributed by atoms with Gasteiger partial charge < -0.3 is 10.1 Å². The normalized spacial score (nSPS) is 28.1. The fourth-order valence-electron chi connectivity index (χ4n) is 1.99. The summed E-state index contributed by atoms with van der Waals surface area (Å²) in [6.07, 6.45) is 5.45. The first-order valence-electron chi connectivity index (χ1n) is 5.65. The van der Waals surface area contributed by atoms with E-state index in [1.807, 2.05) is 20.8 Å². The van der Waals surface area contributed by atoms with Gasteiger partial charge in [0, 0.05) is 13.1 Å². The summed E-state index contributed by atoms with van der Waals surface area (Å²) >= 11 is 0. The minimum atomic E-state index is -0.151. The highest BCUT2D eigenvalue weighted by Gasteiger charge is 2.28. The Balaban J connectivity index is 2.49. The Morgan fingerprint density at radius 1 is 1.56 bits per heavy atom. The van der Waals surface area contributed by atoms with Crippen molar-refractivity contribution in [2.45, 2.75) is 39.0 Å². The Kier molecular flexibility index (Phi) is 4.78. The minimum Gasteiger partial charge on any atom is -0.373 e. The van der Waals surface area contributed by atoms with Crippen molar-refractivity contribution >= 4 is 5.91 Å². The van der Waals surface area contributed by atoms with Crippen LogP contribution in [0.1, 0.15) is 20.8 Å². The molecule has 1 aliphatic heterocycles. The summed E-state index contributed by atoms with van der Waals surface area (Å²) in [5.41, 5.74) is 0. The molecule has 0 aliphatic carbocycles. The van der Waals surface area contributed by atoms with Crippen molar-refractivity contribution in [1.82, 2.24) is 10.2 Å². The van der Waals surface area contributed by atoms with E-state index in [1.54, 1.807) is 0 Å². The lowest BCUT2D eigenvalue weighted by molar-refractivity contribution is -0.131. The smallest absolute Gasteiger partial charge is 0.237 e. The van der Waals surface area contributed by atoms with Gasteiger partial charge in [0.2, 0.25) is 5.91 Å². The van der Waals surface area contributed by atoms with E-state index in [2.05, 4.69) is 16.1 Å². The Morgan fingerprint density at radius 2 is 2.12 bits per heavy atom. The van der Waals surface area contributed by atoms with Gasteiger partial charge in [-0.3, -0.25) is 9.69 Å². The molecule has 1 fully saturated rings. The number of terminal acetylenes is 1. The van der Waals surface area contributed by atoms with E-state index in [1.165, 1.54) is 0 Å². The standard InChI is InChI=1S/C12H20N2O2/c1-5-6-13-12(15)11(4)14-7-9(2)16-10(3)8-14/h1,9-11H,6-8H2,2-4H3,(H,13,15). The highest BCUT2D eigenvalue weighted by molar-refractivity contribution is 5.81. The predicted molar refractivity (Wildman–Crippen MR) is 62.9 cm³/mol. The van der Waals surface area contributed by atoms with Crippen LogP contribution >= 0.6 is 0 Å². The van der Waals surface area contributed by atoms with E-state index < -0.39 is 0 Å². The molecular formula is C12H20N2O2. The molecule has 90 valence electrons. The van der Waals surface area contributed by atoms with E-state index in [-0.39, 0.29) is 24.2 Å². The number of carbonyl (C=O) groups is 1. The molecule has 0 radical (unpaired) electrons. The lowest BCUT2D eigenvalue weighted by Gasteiger charge is -2.38.